The fourth-order valence-corrected chi connectivity index (χ4v) is 3.73. The van der Waals surface area contributed by atoms with Crippen LogP contribution in [0.5, 0.6) is 0 Å². The first-order valence-corrected chi connectivity index (χ1v) is 9.17. The van der Waals surface area contributed by atoms with Gasteiger partial charge in [-0.15, -0.1) is 0 Å². The predicted molar refractivity (Wildman–Crippen MR) is 104 cm³/mol. The van der Waals surface area contributed by atoms with Gasteiger partial charge in [0.1, 0.15) is 0 Å². The zero-order valence-electron chi connectivity index (χ0n) is 14.8. The Hall–Kier alpha value is -2.72. The van der Waals surface area contributed by atoms with Gasteiger partial charge < -0.3 is 5.32 Å². The molecule has 1 aliphatic rings. The minimum atomic E-state index is 0.0226. The first kappa shape index (κ1) is 16.7. The number of hydrogen-bond acceptors (Lipinski definition) is 3. The van der Waals surface area contributed by atoms with E-state index in [4.69, 9.17) is 0 Å². The number of fused-ring (bicyclic) bond motifs is 1. The second kappa shape index (κ2) is 7.67. The Kier molecular flexibility index (Phi) is 4.93. The van der Waals surface area contributed by atoms with E-state index in [0.29, 0.717) is 5.92 Å². The molecule has 1 aliphatic heterocycles. The van der Waals surface area contributed by atoms with E-state index in [1.54, 1.807) is 0 Å². The maximum Gasteiger partial charge on any atom is 0.251 e. The summed E-state index contributed by atoms with van der Waals surface area (Å²) in [5.74, 6) is 0.533. The quantitative estimate of drug-likeness (QED) is 0.770. The van der Waals surface area contributed by atoms with Crippen molar-refractivity contribution in [3.8, 4) is 0 Å². The number of amides is 1. The molecule has 3 aromatic rings. The lowest BCUT2D eigenvalue weighted by Crippen LogP contribution is -2.31. The van der Waals surface area contributed by atoms with Crippen molar-refractivity contribution in [2.24, 2.45) is 5.92 Å². The van der Waals surface area contributed by atoms with E-state index >= 15 is 0 Å². The average Bonchev–Trinajstić information content (AvgIpc) is 3.14. The molecule has 0 radical (unpaired) electrons. The van der Waals surface area contributed by atoms with Gasteiger partial charge in [-0.2, -0.15) is 0 Å². The van der Waals surface area contributed by atoms with Crippen LogP contribution in [0, 0.1) is 5.92 Å². The van der Waals surface area contributed by atoms with Crippen LogP contribution in [0.15, 0.2) is 67.0 Å². The van der Waals surface area contributed by atoms with Crippen LogP contribution < -0.4 is 5.32 Å². The molecule has 2 heterocycles. The number of likely N-dealkylation sites (tertiary alicyclic amines) is 1. The minimum Gasteiger partial charge on any atom is -0.352 e. The Morgan fingerprint density at radius 1 is 1.08 bits per heavy atom. The molecule has 1 atom stereocenters. The van der Waals surface area contributed by atoms with Crippen LogP contribution >= 0.6 is 0 Å². The van der Waals surface area contributed by atoms with E-state index in [1.807, 2.05) is 54.9 Å². The van der Waals surface area contributed by atoms with Crippen LogP contribution in [-0.2, 0) is 6.54 Å². The van der Waals surface area contributed by atoms with Gasteiger partial charge in [0.05, 0.1) is 0 Å². The van der Waals surface area contributed by atoms with E-state index in [0.717, 1.165) is 48.9 Å². The summed E-state index contributed by atoms with van der Waals surface area (Å²) in [6.07, 6.45) is 4.81. The number of hydrogen-bond donors (Lipinski definition) is 1. The smallest absolute Gasteiger partial charge is 0.251 e. The Morgan fingerprint density at radius 2 is 1.88 bits per heavy atom. The summed E-state index contributed by atoms with van der Waals surface area (Å²) in [7, 11) is 0. The first-order valence-electron chi connectivity index (χ1n) is 9.17. The van der Waals surface area contributed by atoms with Crippen LogP contribution in [-0.4, -0.2) is 35.4 Å². The summed E-state index contributed by atoms with van der Waals surface area (Å²) < 4.78 is 0. The van der Waals surface area contributed by atoms with Gasteiger partial charge in [0.2, 0.25) is 0 Å². The third-order valence-corrected chi connectivity index (χ3v) is 5.11. The van der Waals surface area contributed by atoms with Crippen molar-refractivity contribution < 1.29 is 4.79 Å². The topological polar surface area (TPSA) is 45.2 Å². The highest BCUT2D eigenvalue weighted by molar-refractivity contribution is 6.06. The molecule has 0 spiro atoms. The fourth-order valence-electron chi connectivity index (χ4n) is 3.73. The first-order chi connectivity index (χ1) is 12.8. The van der Waals surface area contributed by atoms with Crippen molar-refractivity contribution in [3.63, 3.8) is 0 Å². The number of aromatic nitrogens is 1. The summed E-state index contributed by atoms with van der Waals surface area (Å²) >= 11 is 0. The normalized spacial score (nSPS) is 17.5. The molecule has 1 N–H and O–H groups in total. The summed E-state index contributed by atoms with van der Waals surface area (Å²) in [5.41, 5.74) is 2.05. The van der Waals surface area contributed by atoms with Gasteiger partial charge in [-0.3, -0.25) is 14.7 Å². The van der Waals surface area contributed by atoms with E-state index in [9.17, 15) is 4.79 Å². The molecule has 132 valence electrons. The van der Waals surface area contributed by atoms with Crippen LogP contribution in [0.1, 0.15) is 22.3 Å². The molecule has 26 heavy (non-hydrogen) atoms. The summed E-state index contributed by atoms with van der Waals surface area (Å²) in [6.45, 7) is 3.79. The van der Waals surface area contributed by atoms with Crippen molar-refractivity contribution in [1.82, 2.24) is 15.2 Å². The Morgan fingerprint density at radius 3 is 2.77 bits per heavy atom. The number of nitrogens with one attached hydrogen (secondary N) is 1. The zero-order valence-corrected chi connectivity index (χ0v) is 14.8. The third-order valence-electron chi connectivity index (χ3n) is 5.11. The van der Waals surface area contributed by atoms with Crippen LogP contribution in [0.2, 0.25) is 0 Å². The molecule has 1 saturated heterocycles. The van der Waals surface area contributed by atoms with E-state index in [1.165, 1.54) is 5.56 Å². The van der Waals surface area contributed by atoms with Gasteiger partial charge in [0.15, 0.2) is 0 Å². The van der Waals surface area contributed by atoms with Crippen LogP contribution in [0.3, 0.4) is 0 Å². The predicted octanol–water partition coefficient (Wildman–Crippen LogP) is 3.49. The zero-order chi connectivity index (χ0) is 17.8. The van der Waals surface area contributed by atoms with Gasteiger partial charge in [0.25, 0.3) is 5.91 Å². The molecule has 0 bridgehead atoms. The molecule has 0 aliphatic carbocycles. The molecule has 0 unspecified atom stereocenters. The molecule has 1 amide bonds. The van der Waals surface area contributed by atoms with Crippen LogP contribution in [0.25, 0.3) is 10.8 Å². The Labute approximate surface area is 153 Å². The molecular weight excluding hydrogens is 322 g/mol. The summed E-state index contributed by atoms with van der Waals surface area (Å²) in [4.78, 5) is 19.2. The third kappa shape index (κ3) is 3.75. The van der Waals surface area contributed by atoms with E-state index in [2.05, 4.69) is 27.3 Å². The van der Waals surface area contributed by atoms with E-state index in [-0.39, 0.29) is 5.91 Å². The Bertz CT molecular complexity index is 889. The molecule has 4 nitrogen and oxygen atoms in total. The lowest BCUT2D eigenvalue weighted by molar-refractivity contribution is 0.0949. The highest BCUT2D eigenvalue weighted by Crippen LogP contribution is 2.20. The van der Waals surface area contributed by atoms with E-state index < -0.39 is 0 Å². The van der Waals surface area contributed by atoms with Gasteiger partial charge >= 0.3 is 0 Å². The lowest BCUT2D eigenvalue weighted by atomic mass is 10.0. The van der Waals surface area contributed by atoms with Crippen LogP contribution in [0.4, 0.5) is 0 Å². The molecule has 1 fully saturated rings. The molecular formula is C22H23N3O. The van der Waals surface area contributed by atoms with Crippen molar-refractivity contribution in [1.29, 1.82) is 0 Å². The van der Waals surface area contributed by atoms with Crippen molar-refractivity contribution in [2.45, 2.75) is 13.0 Å². The monoisotopic (exact) mass is 345 g/mol. The number of nitrogens with zero attached hydrogens (tertiary/aromatic N) is 2. The van der Waals surface area contributed by atoms with Gasteiger partial charge in [-0.1, -0.05) is 36.4 Å². The van der Waals surface area contributed by atoms with Crippen molar-refractivity contribution in [3.05, 3.63) is 78.1 Å². The van der Waals surface area contributed by atoms with Gasteiger partial charge in [-0.25, -0.2) is 0 Å². The highest BCUT2D eigenvalue weighted by Gasteiger charge is 2.23. The highest BCUT2D eigenvalue weighted by atomic mass is 16.1. The molecule has 0 saturated carbocycles. The maximum absolute atomic E-state index is 12.7. The Balaban J connectivity index is 1.33. The SMILES string of the molecule is O=C(NC[C@@H]1CCN(Cc2ccncc2)C1)c1cccc2ccccc12. The van der Waals surface area contributed by atoms with Crippen molar-refractivity contribution >= 4 is 16.7 Å². The minimum absolute atomic E-state index is 0.0226. The van der Waals surface area contributed by atoms with Crippen molar-refractivity contribution in [2.75, 3.05) is 19.6 Å². The van der Waals surface area contributed by atoms with Gasteiger partial charge in [0, 0.05) is 37.6 Å². The second-order valence-electron chi connectivity index (χ2n) is 6.98. The number of rotatable bonds is 5. The molecule has 4 heteroatoms. The molecule has 2 aromatic carbocycles. The maximum atomic E-state index is 12.7. The lowest BCUT2D eigenvalue weighted by Gasteiger charge is -2.16. The summed E-state index contributed by atoms with van der Waals surface area (Å²) in [6, 6.07) is 18.1. The average molecular weight is 345 g/mol. The number of carbonyl (C=O) groups excluding carboxylic acids is 1. The molecule has 1 aromatic heterocycles. The van der Waals surface area contributed by atoms with Gasteiger partial charge in [-0.05, 0) is 53.4 Å². The summed E-state index contributed by atoms with van der Waals surface area (Å²) in [5, 5.41) is 5.26. The molecule has 4 rings (SSSR count). The standard InChI is InChI=1S/C22H23N3O/c26-22(21-7-3-5-19-4-1-2-6-20(19)21)24-14-18-10-13-25(16-18)15-17-8-11-23-12-9-17/h1-9,11-12,18H,10,13-16H2,(H,24,26)/t18-/m0/s1. The number of benzene rings is 2. The number of carbonyl (C=O) groups is 1. The fraction of sp³-hybridized carbons (Fsp3) is 0.273. The number of pyridine rings is 1. The largest absolute Gasteiger partial charge is 0.352 e. The second-order valence-corrected chi connectivity index (χ2v) is 6.98.